The van der Waals surface area contributed by atoms with E-state index in [1.807, 2.05) is 13.8 Å². The van der Waals surface area contributed by atoms with E-state index in [9.17, 15) is 0 Å². The lowest BCUT2D eigenvalue weighted by Crippen LogP contribution is -2.34. The number of hydrogen-bond acceptors (Lipinski definition) is 2. The molecule has 1 saturated carbocycles. The van der Waals surface area contributed by atoms with Gasteiger partial charge in [0.1, 0.15) is 11.5 Å². The third-order valence-electron chi connectivity index (χ3n) is 6.96. The van der Waals surface area contributed by atoms with Crippen molar-refractivity contribution in [2.24, 2.45) is 11.8 Å². The molecule has 0 spiro atoms. The topological polar surface area (TPSA) is 18.5 Å². The molecule has 1 heterocycles. The zero-order valence-corrected chi connectivity index (χ0v) is 19.3. The van der Waals surface area contributed by atoms with Crippen LogP contribution in [0.5, 0.6) is 11.5 Å². The molecule has 0 atom stereocenters. The SMILES string of the molecule is CC.CC1CCC(C2Oc3ccc4ccccc4c3-c3c(ccc4ccccc34)O2)CC1. The maximum absolute atomic E-state index is 6.65. The van der Waals surface area contributed by atoms with Crippen molar-refractivity contribution in [3.63, 3.8) is 0 Å². The lowest BCUT2D eigenvalue weighted by Gasteiger charge is -2.32. The van der Waals surface area contributed by atoms with Gasteiger partial charge in [-0.1, -0.05) is 94.3 Å². The van der Waals surface area contributed by atoms with Gasteiger partial charge in [0.25, 0.3) is 0 Å². The molecule has 2 aliphatic rings. The summed E-state index contributed by atoms with van der Waals surface area (Å²) in [5, 5.41) is 4.88. The quantitative estimate of drug-likeness (QED) is 0.304. The first-order valence-electron chi connectivity index (χ1n) is 12.1. The van der Waals surface area contributed by atoms with E-state index in [2.05, 4.69) is 79.7 Å². The lowest BCUT2D eigenvalue weighted by molar-refractivity contribution is -0.0523. The van der Waals surface area contributed by atoms with Gasteiger partial charge in [-0.3, -0.25) is 0 Å². The molecule has 2 nitrogen and oxygen atoms in total. The highest BCUT2D eigenvalue weighted by atomic mass is 16.7. The Morgan fingerprint density at radius 3 is 1.56 bits per heavy atom. The fourth-order valence-corrected chi connectivity index (χ4v) is 5.24. The second-order valence-corrected chi connectivity index (χ2v) is 8.94. The van der Waals surface area contributed by atoms with Crippen molar-refractivity contribution < 1.29 is 9.47 Å². The molecule has 4 aromatic carbocycles. The Bertz CT molecular complexity index is 1150. The van der Waals surface area contributed by atoms with Gasteiger partial charge in [0.2, 0.25) is 6.29 Å². The van der Waals surface area contributed by atoms with E-state index in [0.29, 0.717) is 5.92 Å². The van der Waals surface area contributed by atoms with E-state index >= 15 is 0 Å². The molecule has 0 radical (unpaired) electrons. The van der Waals surface area contributed by atoms with Gasteiger partial charge in [-0.05, 0) is 52.4 Å². The van der Waals surface area contributed by atoms with Crippen molar-refractivity contribution in [2.45, 2.75) is 52.7 Å². The van der Waals surface area contributed by atoms with Crippen LogP contribution in [0.1, 0.15) is 46.5 Å². The van der Waals surface area contributed by atoms with Gasteiger partial charge in [-0.2, -0.15) is 0 Å². The van der Waals surface area contributed by atoms with Crippen LogP contribution in [0.15, 0.2) is 72.8 Å². The highest BCUT2D eigenvalue weighted by Gasteiger charge is 2.33. The Morgan fingerprint density at radius 2 is 1.06 bits per heavy atom. The van der Waals surface area contributed by atoms with Crippen molar-refractivity contribution in [3.05, 3.63) is 72.8 Å². The zero-order chi connectivity index (χ0) is 22.1. The van der Waals surface area contributed by atoms with Crippen molar-refractivity contribution in [1.82, 2.24) is 0 Å². The molecule has 1 aliphatic heterocycles. The summed E-state index contributed by atoms with van der Waals surface area (Å²) < 4.78 is 13.3. The fraction of sp³-hybridized carbons (Fsp3) is 0.333. The molecule has 2 heteroatoms. The number of rotatable bonds is 1. The zero-order valence-electron chi connectivity index (χ0n) is 19.3. The van der Waals surface area contributed by atoms with Crippen LogP contribution in [0.2, 0.25) is 0 Å². The molecule has 1 aliphatic carbocycles. The van der Waals surface area contributed by atoms with Crippen molar-refractivity contribution in [2.75, 3.05) is 0 Å². The van der Waals surface area contributed by atoms with E-state index in [0.717, 1.165) is 41.4 Å². The van der Waals surface area contributed by atoms with Gasteiger partial charge >= 0.3 is 0 Å². The summed E-state index contributed by atoms with van der Waals surface area (Å²) in [4.78, 5) is 0. The minimum atomic E-state index is -0.236. The van der Waals surface area contributed by atoms with Crippen LogP contribution in [-0.2, 0) is 0 Å². The van der Waals surface area contributed by atoms with Crippen LogP contribution in [0.4, 0.5) is 0 Å². The van der Waals surface area contributed by atoms with Crippen LogP contribution in [0, 0.1) is 11.8 Å². The van der Waals surface area contributed by atoms with Crippen LogP contribution >= 0.6 is 0 Å². The van der Waals surface area contributed by atoms with Crippen LogP contribution < -0.4 is 9.47 Å². The van der Waals surface area contributed by atoms with E-state index in [1.54, 1.807) is 0 Å². The molecule has 0 N–H and O–H groups in total. The first-order chi connectivity index (χ1) is 15.8. The second-order valence-electron chi connectivity index (χ2n) is 8.94. The average Bonchev–Trinajstić information content (AvgIpc) is 3.03. The molecule has 0 bridgehead atoms. The Kier molecular flexibility index (Phi) is 5.78. The maximum atomic E-state index is 6.65. The van der Waals surface area contributed by atoms with E-state index in [-0.39, 0.29) is 6.29 Å². The minimum absolute atomic E-state index is 0.236. The number of ether oxygens (including phenoxy) is 2. The van der Waals surface area contributed by atoms with Gasteiger partial charge in [0, 0.05) is 17.0 Å². The predicted molar refractivity (Wildman–Crippen MR) is 134 cm³/mol. The largest absolute Gasteiger partial charge is 0.454 e. The molecule has 6 rings (SSSR count). The third kappa shape index (κ3) is 3.62. The predicted octanol–water partition coefficient (Wildman–Crippen LogP) is 8.61. The molecule has 0 saturated heterocycles. The maximum Gasteiger partial charge on any atom is 0.243 e. The standard InChI is InChI=1S/C28H26O2.C2H6/c1-18-10-12-21(13-11-18)28-29-24-16-14-19-6-2-4-8-22(19)26(24)27-23-9-5-3-7-20(23)15-17-25(27)30-28;1-2/h2-9,14-18,21,28H,10-13H2,1H3;1-2H3. The number of fused-ring (bicyclic) bond motifs is 7. The Morgan fingerprint density at radius 1 is 0.594 bits per heavy atom. The molecular formula is C30H32O2. The van der Waals surface area contributed by atoms with Crippen molar-refractivity contribution in [3.8, 4) is 22.6 Å². The molecule has 4 aromatic rings. The summed E-state index contributed by atoms with van der Waals surface area (Å²) in [5.41, 5.74) is 2.32. The van der Waals surface area contributed by atoms with Gasteiger partial charge in [-0.25, -0.2) is 0 Å². The summed E-state index contributed by atoms with van der Waals surface area (Å²) in [6, 6.07) is 25.8. The molecule has 0 unspecified atom stereocenters. The lowest BCUT2D eigenvalue weighted by atomic mass is 9.82. The highest BCUT2D eigenvalue weighted by Crippen LogP contribution is 2.49. The molecule has 0 aromatic heterocycles. The van der Waals surface area contributed by atoms with E-state index < -0.39 is 0 Å². The molecule has 164 valence electrons. The van der Waals surface area contributed by atoms with Crippen molar-refractivity contribution in [1.29, 1.82) is 0 Å². The summed E-state index contributed by atoms with van der Waals surface area (Å²) in [6.45, 7) is 6.36. The summed E-state index contributed by atoms with van der Waals surface area (Å²) in [5.74, 6) is 3.11. The monoisotopic (exact) mass is 424 g/mol. The first kappa shape index (κ1) is 20.9. The molecular weight excluding hydrogens is 392 g/mol. The van der Waals surface area contributed by atoms with Gasteiger partial charge in [-0.15, -0.1) is 0 Å². The normalized spacial score (nSPS) is 20.2. The fourth-order valence-electron chi connectivity index (χ4n) is 5.24. The van der Waals surface area contributed by atoms with Crippen LogP contribution in [-0.4, -0.2) is 6.29 Å². The van der Waals surface area contributed by atoms with Gasteiger partial charge in [0.15, 0.2) is 0 Å². The highest BCUT2D eigenvalue weighted by molar-refractivity contribution is 6.09. The van der Waals surface area contributed by atoms with Gasteiger partial charge < -0.3 is 9.47 Å². The molecule has 0 amide bonds. The van der Waals surface area contributed by atoms with Crippen molar-refractivity contribution >= 4 is 21.5 Å². The van der Waals surface area contributed by atoms with Gasteiger partial charge in [0.05, 0.1) is 0 Å². The number of hydrogen-bond donors (Lipinski definition) is 0. The molecule has 1 fully saturated rings. The minimum Gasteiger partial charge on any atom is -0.454 e. The van der Waals surface area contributed by atoms with Crippen LogP contribution in [0.25, 0.3) is 32.7 Å². The molecule has 32 heavy (non-hydrogen) atoms. The van der Waals surface area contributed by atoms with Crippen LogP contribution in [0.3, 0.4) is 0 Å². The van der Waals surface area contributed by atoms with E-state index in [1.165, 1.54) is 34.4 Å². The Labute approximate surface area is 191 Å². The Balaban J connectivity index is 0.00000105. The number of benzene rings is 4. The first-order valence-corrected chi connectivity index (χ1v) is 12.1. The Hall–Kier alpha value is -3.00. The smallest absolute Gasteiger partial charge is 0.243 e. The second kappa shape index (κ2) is 8.86. The third-order valence-corrected chi connectivity index (χ3v) is 6.96. The average molecular weight is 425 g/mol. The summed E-state index contributed by atoms with van der Waals surface area (Å²) in [6.07, 6.45) is 4.60. The summed E-state index contributed by atoms with van der Waals surface area (Å²) in [7, 11) is 0. The summed E-state index contributed by atoms with van der Waals surface area (Å²) >= 11 is 0. The van der Waals surface area contributed by atoms with E-state index in [4.69, 9.17) is 9.47 Å².